The molecule has 1 atom stereocenters. The van der Waals surface area contributed by atoms with Crippen LogP contribution in [0.5, 0.6) is 0 Å². The summed E-state index contributed by atoms with van der Waals surface area (Å²) in [7, 11) is 0. The number of thioether (sulfide) groups is 1. The largest absolute Gasteiger partial charge is 0.477 e. The normalized spacial score (nSPS) is 12.8. The van der Waals surface area contributed by atoms with Crippen LogP contribution in [0.25, 0.3) is 10.1 Å². The molecule has 0 aliphatic heterocycles. The third kappa shape index (κ3) is 3.13. The molecule has 0 fully saturated rings. The number of aliphatic hydroxyl groups is 1. The van der Waals surface area contributed by atoms with Gasteiger partial charge in [-0.05, 0) is 29.4 Å². The number of benzene rings is 1. The van der Waals surface area contributed by atoms with Gasteiger partial charge in [-0.3, -0.25) is 0 Å². The van der Waals surface area contributed by atoms with Crippen molar-refractivity contribution in [3.05, 3.63) is 34.5 Å². The Morgan fingerprint density at radius 3 is 2.90 bits per heavy atom. The smallest absolute Gasteiger partial charge is 0.346 e. The predicted molar refractivity (Wildman–Crippen MR) is 81.2 cm³/mol. The molecule has 2 N–H and O–H groups in total. The molecule has 0 aliphatic carbocycles. The van der Waals surface area contributed by atoms with Crippen LogP contribution in [0, 0.1) is 11.7 Å². The van der Waals surface area contributed by atoms with Crippen molar-refractivity contribution in [1.82, 2.24) is 0 Å². The predicted octanol–water partition coefficient (Wildman–Crippen LogP) is 3.60. The van der Waals surface area contributed by atoms with Gasteiger partial charge in [-0.15, -0.1) is 11.3 Å². The zero-order valence-electron chi connectivity index (χ0n) is 10.9. The standard InChI is InChI=1S/C14H15FO3S2/c1-8(5-16)6-19-7-9-12-10(15)3-2-4-11(12)20-13(9)14(17)18/h2-4,8,16H,5-7H2,1H3,(H,17,18). The van der Waals surface area contributed by atoms with Crippen molar-refractivity contribution in [2.45, 2.75) is 12.7 Å². The van der Waals surface area contributed by atoms with E-state index in [1.165, 1.54) is 17.8 Å². The van der Waals surface area contributed by atoms with Crippen molar-refractivity contribution >= 4 is 39.2 Å². The van der Waals surface area contributed by atoms with Crippen molar-refractivity contribution in [2.24, 2.45) is 5.92 Å². The molecule has 0 saturated heterocycles. The molecule has 1 heterocycles. The molecule has 1 aromatic carbocycles. The van der Waals surface area contributed by atoms with Crippen LogP contribution in [0.3, 0.4) is 0 Å². The van der Waals surface area contributed by atoms with E-state index in [-0.39, 0.29) is 23.2 Å². The molecule has 0 bridgehead atoms. The fourth-order valence-electron chi connectivity index (χ4n) is 1.89. The van der Waals surface area contributed by atoms with E-state index in [1.807, 2.05) is 6.92 Å². The van der Waals surface area contributed by atoms with Crippen LogP contribution in [-0.4, -0.2) is 28.5 Å². The number of aromatic carboxylic acids is 1. The molecule has 20 heavy (non-hydrogen) atoms. The lowest BCUT2D eigenvalue weighted by Crippen LogP contribution is -2.04. The molecule has 108 valence electrons. The Morgan fingerprint density at radius 2 is 2.25 bits per heavy atom. The molecule has 2 aromatic rings. The van der Waals surface area contributed by atoms with E-state index >= 15 is 0 Å². The maximum Gasteiger partial charge on any atom is 0.346 e. The lowest BCUT2D eigenvalue weighted by atomic mass is 10.1. The first-order valence-corrected chi connectivity index (χ1v) is 8.13. The van der Waals surface area contributed by atoms with Crippen molar-refractivity contribution in [2.75, 3.05) is 12.4 Å². The quantitative estimate of drug-likeness (QED) is 0.855. The highest BCUT2D eigenvalue weighted by Crippen LogP contribution is 2.35. The zero-order chi connectivity index (χ0) is 14.7. The summed E-state index contributed by atoms with van der Waals surface area (Å²) in [6.45, 7) is 2.01. The topological polar surface area (TPSA) is 57.5 Å². The minimum Gasteiger partial charge on any atom is -0.477 e. The third-order valence-corrected chi connectivity index (χ3v) is 5.40. The fraction of sp³-hybridized carbons (Fsp3) is 0.357. The summed E-state index contributed by atoms with van der Waals surface area (Å²) < 4.78 is 14.6. The Bertz CT molecular complexity index is 624. The van der Waals surface area contributed by atoms with E-state index in [0.29, 0.717) is 27.2 Å². The fourth-order valence-corrected chi connectivity index (χ4v) is 4.18. The summed E-state index contributed by atoms with van der Waals surface area (Å²) in [5.74, 6) is -0.106. The van der Waals surface area contributed by atoms with Crippen LogP contribution < -0.4 is 0 Å². The summed E-state index contributed by atoms with van der Waals surface area (Å²) in [5, 5.41) is 18.7. The Labute approximate surface area is 124 Å². The van der Waals surface area contributed by atoms with E-state index < -0.39 is 5.97 Å². The summed E-state index contributed by atoms with van der Waals surface area (Å²) in [6, 6.07) is 4.68. The van der Waals surface area contributed by atoms with Gasteiger partial charge in [0.25, 0.3) is 0 Å². The maximum absolute atomic E-state index is 13.9. The number of rotatable bonds is 6. The Morgan fingerprint density at radius 1 is 1.50 bits per heavy atom. The molecular formula is C14H15FO3S2. The monoisotopic (exact) mass is 314 g/mol. The number of hydrogen-bond acceptors (Lipinski definition) is 4. The molecule has 0 saturated carbocycles. The summed E-state index contributed by atoms with van der Waals surface area (Å²) >= 11 is 2.62. The highest BCUT2D eigenvalue weighted by Gasteiger charge is 2.20. The molecule has 0 amide bonds. The van der Waals surface area contributed by atoms with Gasteiger partial charge in [-0.25, -0.2) is 9.18 Å². The average Bonchev–Trinajstić information content (AvgIpc) is 2.79. The number of fused-ring (bicyclic) bond motifs is 1. The molecule has 3 nitrogen and oxygen atoms in total. The summed E-state index contributed by atoms with van der Waals surface area (Å²) in [4.78, 5) is 11.5. The number of hydrogen-bond donors (Lipinski definition) is 2. The highest BCUT2D eigenvalue weighted by molar-refractivity contribution is 7.98. The van der Waals surface area contributed by atoms with E-state index in [1.54, 1.807) is 12.1 Å². The molecule has 1 unspecified atom stereocenters. The lowest BCUT2D eigenvalue weighted by Gasteiger charge is -2.07. The van der Waals surface area contributed by atoms with Crippen LogP contribution in [0.15, 0.2) is 18.2 Å². The average molecular weight is 314 g/mol. The van der Waals surface area contributed by atoms with Gasteiger partial charge in [0, 0.05) is 22.4 Å². The van der Waals surface area contributed by atoms with Gasteiger partial charge in [0.15, 0.2) is 0 Å². The molecule has 6 heteroatoms. The van der Waals surface area contributed by atoms with Crippen LogP contribution in [0.2, 0.25) is 0 Å². The Kier molecular flexibility index (Phi) is 5.01. The highest BCUT2D eigenvalue weighted by atomic mass is 32.2. The van der Waals surface area contributed by atoms with Crippen molar-refractivity contribution < 1.29 is 19.4 Å². The molecule has 2 rings (SSSR count). The number of carboxylic acid groups (broad SMARTS) is 1. The number of halogens is 1. The first-order chi connectivity index (χ1) is 9.54. The van der Waals surface area contributed by atoms with Gasteiger partial charge >= 0.3 is 5.97 Å². The van der Waals surface area contributed by atoms with Gasteiger partial charge in [-0.1, -0.05) is 13.0 Å². The van der Waals surface area contributed by atoms with Gasteiger partial charge in [0.2, 0.25) is 0 Å². The third-order valence-electron chi connectivity index (χ3n) is 2.92. The second-order valence-electron chi connectivity index (χ2n) is 4.63. The second kappa shape index (κ2) is 6.56. The molecule has 0 aliphatic rings. The van der Waals surface area contributed by atoms with E-state index in [4.69, 9.17) is 5.11 Å². The second-order valence-corrected chi connectivity index (χ2v) is 6.71. The van der Waals surface area contributed by atoms with Crippen LogP contribution in [0.1, 0.15) is 22.2 Å². The zero-order valence-corrected chi connectivity index (χ0v) is 12.6. The first kappa shape index (κ1) is 15.3. The number of carbonyl (C=O) groups is 1. The molecular weight excluding hydrogens is 299 g/mol. The first-order valence-electron chi connectivity index (χ1n) is 6.16. The minimum atomic E-state index is -1.02. The Hall–Kier alpha value is -1.11. The van der Waals surface area contributed by atoms with E-state index in [2.05, 4.69) is 0 Å². The number of aliphatic hydroxyl groups excluding tert-OH is 1. The molecule has 1 aromatic heterocycles. The minimum absolute atomic E-state index is 0.0948. The SMILES string of the molecule is CC(CO)CSCc1c(C(=O)O)sc2cccc(F)c12. The Balaban J connectivity index is 2.34. The van der Waals surface area contributed by atoms with E-state index in [9.17, 15) is 14.3 Å². The van der Waals surface area contributed by atoms with Crippen molar-refractivity contribution in [1.29, 1.82) is 0 Å². The number of carboxylic acids is 1. The van der Waals surface area contributed by atoms with E-state index in [0.717, 1.165) is 11.3 Å². The summed E-state index contributed by atoms with van der Waals surface area (Å²) in [5.41, 5.74) is 0.547. The lowest BCUT2D eigenvalue weighted by molar-refractivity contribution is 0.0701. The van der Waals surface area contributed by atoms with Crippen LogP contribution in [-0.2, 0) is 5.75 Å². The van der Waals surface area contributed by atoms with Gasteiger partial charge < -0.3 is 10.2 Å². The molecule has 0 radical (unpaired) electrons. The van der Waals surface area contributed by atoms with Gasteiger partial charge in [-0.2, -0.15) is 11.8 Å². The van der Waals surface area contributed by atoms with Crippen LogP contribution >= 0.6 is 23.1 Å². The van der Waals surface area contributed by atoms with Crippen molar-refractivity contribution in [3.8, 4) is 0 Å². The number of thiophene rings is 1. The van der Waals surface area contributed by atoms with Gasteiger partial charge in [0.1, 0.15) is 10.7 Å². The molecule has 0 spiro atoms. The maximum atomic E-state index is 13.9. The summed E-state index contributed by atoms with van der Waals surface area (Å²) in [6.07, 6.45) is 0. The van der Waals surface area contributed by atoms with Gasteiger partial charge in [0.05, 0.1) is 0 Å². The van der Waals surface area contributed by atoms with Crippen molar-refractivity contribution in [3.63, 3.8) is 0 Å². The van der Waals surface area contributed by atoms with Crippen LogP contribution in [0.4, 0.5) is 4.39 Å².